The van der Waals surface area contributed by atoms with Gasteiger partial charge in [0.25, 0.3) is 0 Å². The number of benzene rings is 1. The molecule has 4 N–H and O–H groups in total. The maximum Gasteiger partial charge on any atom is 0.248 e. The Morgan fingerprint density at radius 2 is 2.29 bits per heavy atom. The minimum absolute atomic E-state index is 0.378. The van der Waals surface area contributed by atoms with E-state index in [1.807, 2.05) is 12.1 Å². The molecule has 5 heteroatoms. The summed E-state index contributed by atoms with van der Waals surface area (Å²) in [6.07, 6.45) is 0. The number of carbonyl (C=O) groups excluding carboxylic acids is 1. The standard InChI is InChI=1S/C12H16N4O/c13-12(17)8-1-2-11-10(5-8)15-7-9-6-14-3-4-16(9)11/h1-2,5,9,14-15H,3-4,6-7H2,(H2,13,17). The smallest absolute Gasteiger partial charge is 0.248 e. The number of nitrogens with two attached hydrogens (primary N) is 1. The van der Waals surface area contributed by atoms with Crippen LogP contribution in [0.1, 0.15) is 10.4 Å². The topological polar surface area (TPSA) is 70.4 Å². The van der Waals surface area contributed by atoms with Crippen LogP contribution in [0.25, 0.3) is 0 Å². The second-order valence-corrected chi connectivity index (χ2v) is 4.53. The van der Waals surface area contributed by atoms with E-state index in [0.717, 1.165) is 31.9 Å². The maximum absolute atomic E-state index is 11.1. The van der Waals surface area contributed by atoms with E-state index in [1.54, 1.807) is 6.07 Å². The third kappa shape index (κ3) is 1.72. The van der Waals surface area contributed by atoms with Gasteiger partial charge in [0.1, 0.15) is 0 Å². The average Bonchev–Trinajstić information content (AvgIpc) is 2.38. The Labute approximate surface area is 100.0 Å². The summed E-state index contributed by atoms with van der Waals surface area (Å²) >= 11 is 0. The van der Waals surface area contributed by atoms with Crippen molar-refractivity contribution in [3.63, 3.8) is 0 Å². The van der Waals surface area contributed by atoms with Crippen molar-refractivity contribution in [2.45, 2.75) is 6.04 Å². The van der Waals surface area contributed by atoms with E-state index in [-0.39, 0.29) is 5.91 Å². The van der Waals surface area contributed by atoms with Gasteiger partial charge in [-0.05, 0) is 18.2 Å². The number of primary amides is 1. The molecule has 2 aliphatic heterocycles. The van der Waals surface area contributed by atoms with Gasteiger partial charge in [-0.25, -0.2) is 0 Å². The molecule has 1 aromatic rings. The quantitative estimate of drug-likeness (QED) is 0.637. The Hall–Kier alpha value is -1.75. The first kappa shape index (κ1) is 10.4. The summed E-state index contributed by atoms with van der Waals surface area (Å²) in [5.41, 5.74) is 8.04. The van der Waals surface area contributed by atoms with Crippen LogP contribution in [-0.2, 0) is 0 Å². The first-order chi connectivity index (χ1) is 8.25. The fourth-order valence-corrected chi connectivity index (χ4v) is 2.57. The number of piperazine rings is 1. The van der Waals surface area contributed by atoms with Crippen LogP contribution in [0.2, 0.25) is 0 Å². The molecule has 17 heavy (non-hydrogen) atoms. The van der Waals surface area contributed by atoms with Gasteiger partial charge in [-0.15, -0.1) is 0 Å². The summed E-state index contributed by atoms with van der Waals surface area (Å²) in [4.78, 5) is 13.5. The van der Waals surface area contributed by atoms with Crippen molar-refractivity contribution in [3.05, 3.63) is 23.8 Å². The zero-order valence-electron chi connectivity index (χ0n) is 9.57. The van der Waals surface area contributed by atoms with Crippen molar-refractivity contribution >= 4 is 17.3 Å². The number of anilines is 2. The zero-order chi connectivity index (χ0) is 11.8. The van der Waals surface area contributed by atoms with Gasteiger partial charge in [-0.2, -0.15) is 0 Å². The van der Waals surface area contributed by atoms with Crippen molar-refractivity contribution in [1.82, 2.24) is 5.32 Å². The van der Waals surface area contributed by atoms with Crippen LogP contribution in [0.4, 0.5) is 11.4 Å². The van der Waals surface area contributed by atoms with Gasteiger partial charge in [0.2, 0.25) is 5.91 Å². The molecular weight excluding hydrogens is 216 g/mol. The molecule has 1 aromatic carbocycles. The van der Waals surface area contributed by atoms with Crippen molar-refractivity contribution < 1.29 is 4.79 Å². The second-order valence-electron chi connectivity index (χ2n) is 4.53. The molecule has 1 fully saturated rings. The minimum atomic E-state index is -0.378. The Bertz CT molecular complexity index is 460. The number of nitrogens with zero attached hydrogens (tertiary/aromatic N) is 1. The molecule has 1 unspecified atom stereocenters. The summed E-state index contributed by atoms with van der Waals surface area (Å²) in [6, 6.07) is 6.12. The molecule has 90 valence electrons. The monoisotopic (exact) mass is 232 g/mol. The summed E-state index contributed by atoms with van der Waals surface area (Å²) < 4.78 is 0. The normalized spacial score (nSPS) is 22.4. The molecule has 0 bridgehead atoms. The Morgan fingerprint density at radius 1 is 1.41 bits per heavy atom. The average molecular weight is 232 g/mol. The SMILES string of the molecule is NC(=O)c1ccc2c(c1)NCC1CNCCN21. The van der Waals surface area contributed by atoms with Gasteiger partial charge < -0.3 is 21.3 Å². The van der Waals surface area contributed by atoms with Crippen molar-refractivity contribution in [3.8, 4) is 0 Å². The van der Waals surface area contributed by atoms with E-state index in [1.165, 1.54) is 5.69 Å². The highest BCUT2D eigenvalue weighted by Gasteiger charge is 2.28. The molecule has 0 spiro atoms. The number of hydrogen-bond acceptors (Lipinski definition) is 4. The summed E-state index contributed by atoms with van der Waals surface area (Å²) in [6.45, 7) is 3.93. The molecule has 1 saturated heterocycles. The predicted octanol–water partition coefficient (Wildman–Crippen LogP) is -0.0108. The van der Waals surface area contributed by atoms with E-state index in [2.05, 4.69) is 15.5 Å². The molecule has 0 aliphatic carbocycles. The summed E-state index contributed by atoms with van der Waals surface area (Å²) in [7, 11) is 0. The number of nitrogens with one attached hydrogen (secondary N) is 2. The molecule has 5 nitrogen and oxygen atoms in total. The molecular formula is C12H16N4O. The third-order valence-electron chi connectivity index (χ3n) is 3.47. The van der Waals surface area contributed by atoms with Gasteiger partial charge in [0.15, 0.2) is 0 Å². The van der Waals surface area contributed by atoms with Crippen LogP contribution < -0.4 is 21.3 Å². The highest BCUT2D eigenvalue weighted by molar-refractivity contribution is 5.95. The number of hydrogen-bond donors (Lipinski definition) is 3. The largest absolute Gasteiger partial charge is 0.381 e. The fourth-order valence-electron chi connectivity index (χ4n) is 2.57. The lowest BCUT2D eigenvalue weighted by atomic mass is 10.0. The number of rotatable bonds is 1. The van der Waals surface area contributed by atoms with E-state index in [9.17, 15) is 4.79 Å². The molecule has 3 rings (SSSR count). The van der Waals surface area contributed by atoms with Gasteiger partial charge in [0, 0.05) is 31.7 Å². The lowest BCUT2D eigenvalue weighted by molar-refractivity contribution is 0.100. The summed E-state index contributed by atoms with van der Waals surface area (Å²) in [5.74, 6) is -0.378. The molecule has 0 aromatic heterocycles. The van der Waals surface area contributed by atoms with Gasteiger partial charge >= 0.3 is 0 Å². The Kier molecular flexibility index (Phi) is 2.40. The number of amides is 1. The van der Waals surface area contributed by atoms with Crippen molar-refractivity contribution in [1.29, 1.82) is 0 Å². The van der Waals surface area contributed by atoms with Crippen molar-refractivity contribution in [2.75, 3.05) is 36.4 Å². The molecule has 2 aliphatic rings. The predicted molar refractivity (Wildman–Crippen MR) is 67.5 cm³/mol. The van der Waals surface area contributed by atoms with Crippen LogP contribution in [0.3, 0.4) is 0 Å². The summed E-state index contributed by atoms with van der Waals surface area (Å²) in [5, 5.41) is 6.76. The second kappa shape index (κ2) is 3.92. The van der Waals surface area contributed by atoms with E-state index in [4.69, 9.17) is 5.73 Å². The first-order valence-electron chi connectivity index (χ1n) is 5.91. The molecule has 2 heterocycles. The molecule has 1 atom stereocenters. The molecule has 0 radical (unpaired) electrons. The lowest BCUT2D eigenvalue weighted by Crippen LogP contribution is -2.56. The highest BCUT2D eigenvalue weighted by Crippen LogP contribution is 2.32. The van der Waals surface area contributed by atoms with E-state index in [0.29, 0.717) is 11.6 Å². The van der Waals surface area contributed by atoms with Gasteiger partial charge in [-0.3, -0.25) is 4.79 Å². The number of fused-ring (bicyclic) bond motifs is 3. The third-order valence-corrected chi connectivity index (χ3v) is 3.47. The van der Waals surface area contributed by atoms with Gasteiger partial charge in [-0.1, -0.05) is 0 Å². The fraction of sp³-hybridized carbons (Fsp3) is 0.417. The Morgan fingerprint density at radius 3 is 3.12 bits per heavy atom. The van der Waals surface area contributed by atoms with Gasteiger partial charge in [0.05, 0.1) is 17.4 Å². The van der Waals surface area contributed by atoms with E-state index < -0.39 is 0 Å². The molecule has 0 saturated carbocycles. The molecule has 1 amide bonds. The van der Waals surface area contributed by atoms with Crippen LogP contribution in [0.15, 0.2) is 18.2 Å². The minimum Gasteiger partial charge on any atom is -0.381 e. The van der Waals surface area contributed by atoms with Crippen molar-refractivity contribution in [2.24, 2.45) is 5.73 Å². The van der Waals surface area contributed by atoms with Crippen LogP contribution in [0, 0.1) is 0 Å². The lowest BCUT2D eigenvalue weighted by Gasteiger charge is -2.42. The first-order valence-corrected chi connectivity index (χ1v) is 5.91. The Balaban J connectivity index is 1.97. The zero-order valence-corrected chi connectivity index (χ0v) is 9.57. The number of carbonyl (C=O) groups is 1. The van der Waals surface area contributed by atoms with Crippen LogP contribution in [0.5, 0.6) is 0 Å². The van der Waals surface area contributed by atoms with Crippen LogP contribution >= 0.6 is 0 Å². The van der Waals surface area contributed by atoms with Crippen LogP contribution in [-0.4, -0.2) is 38.1 Å². The van der Waals surface area contributed by atoms with E-state index >= 15 is 0 Å². The maximum atomic E-state index is 11.1. The highest BCUT2D eigenvalue weighted by atomic mass is 16.1.